The molecule has 1 unspecified atom stereocenters. The van der Waals surface area contributed by atoms with Crippen LogP contribution in [0.15, 0.2) is 45.2 Å². The van der Waals surface area contributed by atoms with Crippen molar-refractivity contribution in [3.8, 4) is 0 Å². The molecule has 90 valence electrons. The first-order valence-electron chi connectivity index (χ1n) is 5.91. The predicted octanol–water partition coefficient (Wildman–Crippen LogP) is 3.14. The van der Waals surface area contributed by atoms with Gasteiger partial charge in [-0.25, -0.2) is 9.98 Å². The normalized spacial score (nSPS) is 22.2. The Kier molecular flexibility index (Phi) is 2.88. The summed E-state index contributed by atoms with van der Waals surface area (Å²) in [4.78, 5) is 21.3. The maximum atomic E-state index is 12.0. The van der Waals surface area contributed by atoms with E-state index in [0.717, 1.165) is 22.6 Å². The summed E-state index contributed by atoms with van der Waals surface area (Å²) in [6.45, 7) is 2.11. The van der Waals surface area contributed by atoms with Gasteiger partial charge in [-0.05, 0) is 22.5 Å². The molecule has 0 saturated carbocycles. The molecule has 0 N–H and O–H groups in total. The molecule has 1 amide bonds. The molecule has 2 heterocycles. The van der Waals surface area contributed by atoms with Crippen molar-refractivity contribution >= 4 is 34.6 Å². The summed E-state index contributed by atoms with van der Waals surface area (Å²) in [5.74, 6) is -0.382. The third-order valence-corrected chi connectivity index (χ3v) is 4.39. The van der Waals surface area contributed by atoms with E-state index < -0.39 is 0 Å². The zero-order valence-electron chi connectivity index (χ0n) is 9.96. The second kappa shape index (κ2) is 4.53. The average molecular weight is 256 g/mol. The number of amides is 1. The molecule has 1 aromatic rings. The van der Waals surface area contributed by atoms with Gasteiger partial charge in [0.25, 0.3) is 5.91 Å². The van der Waals surface area contributed by atoms with E-state index >= 15 is 0 Å². The van der Waals surface area contributed by atoms with Crippen LogP contribution >= 0.6 is 11.8 Å². The molecule has 0 bridgehead atoms. The molecule has 1 atom stereocenters. The lowest BCUT2D eigenvalue weighted by Gasteiger charge is -2.14. The van der Waals surface area contributed by atoms with Crippen molar-refractivity contribution in [1.82, 2.24) is 0 Å². The van der Waals surface area contributed by atoms with Crippen molar-refractivity contribution in [2.24, 2.45) is 15.9 Å². The summed E-state index contributed by atoms with van der Waals surface area (Å²) in [5, 5.41) is 0.866. The minimum absolute atomic E-state index is 0.102. The molecule has 0 aliphatic carbocycles. The third-order valence-electron chi connectivity index (χ3n) is 3.09. The molecule has 0 fully saturated rings. The van der Waals surface area contributed by atoms with Gasteiger partial charge in [0.2, 0.25) is 0 Å². The van der Waals surface area contributed by atoms with E-state index in [4.69, 9.17) is 0 Å². The van der Waals surface area contributed by atoms with E-state index in [9.17, 15) is 4.79 Å². The molecule has 3 nitrogen and oxygen atoms in total. The van der Waals surface area contributed by atoms with Crippen molar-refractivity contribution in [2.75, 3.05) is 0 Å². The summed E-state index contributed by atoms with van der Waals surface area (Å²) in [6, 6.07) is 10.0. The van der Waals surface area contributed by atoms with Gasteiger partial charge >= 0.3 is 0 Å². The Labute approximate surface area is 110 Å². The molecule has 2 aliphatic rings. The maximum absolute atomic E-state index is 12.0. The molecular weight excluding hydrogens is 244 g/mol. The van der Waals surface area contributed by atoms with Crippen LogP contribution in [0, 0.1) is 5.92 Å². The van der Waals surface area contributed by atoms with E-state index in [2.05, 4.69) is 16.9 Å². The fraction of sp³-hybridized carbons (Fsp3) is 0.214. The Balaban J connectivity index is 2.12. The fourth-order valence-corrected chi connectivity index (χ4v) is 3.46. The first-order valence-corrected chi connectivity index (χ1v) is 6.73. The van der Waals surface area contributed by atoms with E-state index in [1.165, 1.54) is 11.2 Å². The van der Waals surface area contributed by atoms with Crippen molar-refractivity contribution in [3.63, 3.8) is 0 Å². The summed E-state index contributed by atoms with van der Waals surface area (Å²) < 4.78 is 0. The molecule has 0 saturated heterocycles. The topological polar surface area (TPSA) is 41.8 Å². The van der Waals surface area contributed by atoms with Crippen LogP contribution in [0.5, 0.6) is 0 Å². The van der Waals surface area contributed by atoms with Crippen molar-refractivity contribution in [1.29, 1.82) is 0 Å². The van der Waals surface area contributed by atoms with Gasteiger partial charge in [-0.1, -0.05) is 49.0 Å². The van der Waals surface area contributed by atoms with Gasteiger partial charge in [0, 0.05) is 0 Å². The smallest absolute Gasteiger partial charge is 0.261 e. The Hall–Kier alpha value is -1.68. The van der Waals surface area contributed by atoms with Crippen molar-refractivity contribution in [2.45, 2.75) is 13.3 Å². The Morgan fingerprint density at radius 2 is 2.06 bits per heavy atom. The Morgan fingerprint density at radius 3 is 2.78 bits per heavy atom. The summed E-state index contributed by atoms with van der Waals surface area (Å²) in [7, 11) is 0. The summed E-state index contributed by atoms with van der Waals surface area (Å²) in [6.07, 6.45) is 2.28. The molecule has 0 spiro atoms. The monoisotopic (exact) mass is 256 g/mol. The number of aliphatic imine (C=N–C) groups is 2. The zero-order valence-corrected chi connectivity index (χ0v) is 10.8. The summed E-state index contributed by atoms with van der Waals surface area (Å²) >= 11 is 1.62. The second-order valence-electron chi connectivity index (χ2n) is 4.14. The molecular formula is C14H12N2OS. The van der Waals surface area contributed by atoms with E-state index in [0.29, 0.717) is 0 Å². The van der Waals surface area contributed by atoms with Crippen molar-refractivity contribution < 1.29 is 4.79 Å². The van der Waals surface area contributed by atoms with Crippen LogP contribution in [-0.2, 0) is 4.79 Å². The van der Waals surface area contributed by atoms with Gasteiger partial charge in [0.05, 0.1) is 5.04 Å². The number of fused-ring (bicyclic) bond motifs is 1. The van der Waals surface area contributed by atoms with Gasteiger partial charge < -0.3 is 0 Å². The van der Waals surface area contributed by atoms with Crippen LogP contribution < -0.4 is 0 Å². The molecule has 3 rings (SSSR count). The highest BCUT2D eigenvalue weighted by atomic mass is 32.2. The lowest BCUT2D eigenvalue weighted by atomic mass is 9.91. The second-order valence-corrected chi connectivity index (χ2v) is 5.26. The van der Waals surface area contributed by atoms with Gasteiger partial charge in [0.1, 0.15) is 12.3 Å². The highest BCUT2D eigenvalue weighted by Crippen LogP contribution is 2.46. The average Bonchev–Trinajstić information content (AvgIpc) is 2.79. The maximum Gasteiger partial charge on any atom is 0.261 e. The van der Waals surface area contributed by atoms with Gasteiger partial charge in [-0.15, -0.1) is 0 Å². The Bertz CT molecular complexity index is 587. The van der Waals surface area contributed by atoms with Crippen LogP contribution in [0.4, 0.5) is 0 Å². The van der Waals surface area contributed by atoms with Crippen LogP contribution in [-0.4, -0.2) is 17.3 Å². The number of carbonyl (C=O) groups is 1. The molecule has 4 heteroatoms. The highest BCUT2D eigenvalue weighted by Gasteiger charge is 2.38. The number of hydrogen-bond donors (Lipinski definition) is 0. The molecule has 0 aromatic heterocycles. The van der Waals surface area contributed by atoms with Gasteiger partial charge in [0.15, 0.2) is 0 Å². The molecule has 18 heavy (non-hydrogen) atoms. The number of hydrogen-bond acceptors (Lipinski definition) is 3. The molecule has 1 aromatic carbocycles. The number of benzene rings is 1. The standard InChI is InChI=1S/C14H12N2OS/c1-2-10-11(9-6-4-3-5-7-9)12-13(17)15-8-16-14(12)18-10/h3-8,12H,2H2,1H3. The lowest BCUT2D eigenvalue weighted by Crippen LogP contribution is -2.21. The highest BCUT2D eigenvalue weighted by molar-refractivity contribution is 8.18. The first-order chi connectivity index (χ1) is 8.81. The number of rotatable bonds is 2. The SMILES string of the molecule is CCC1=C(c2ccccc2)C2C(=O)N=CN=C2S1. The largest absolute Gasteiger partial charge is 0.271 e. The van der Waals surface area contributed by atoms with Crippen LogP contribution in [0.1, 0.15) is 18.9 Å². The van der Waals surface area contributed by atoms with Gasteiger partial charge in [-0.2, -0.15) is 0 Å². The summed E-state index contributed by atoms with van der Waals surface area (Å²) in [5.41, 5.74) is 2.19. The van der Waals surface area contributed by atoms with E-state index in [-0.39, 0.29) is 11.8 Å². The van der Waals surface area contributed by atoms with E-state index in [1.54, 1.807) is 11.8 Å². The predicted molar refractivity (Wildman–Crippen MR) is 75.7 cm³/mol. The molecule has 2 aliphatic heterocycles. The van der Waals surface area contributed by atoms with Crippen LogP contribution in [0.3, 0.4) is 0 Å². The molecule has 0 radical (unpaired) electrons. The van der Waals surface area contributed by atoms with Crippen LogP contribution in [0.25, 0.3) is 5.57 Å². The first kappa shape index (κ1) is 11.4. The Morgan fingerprint density at radius 1 is 1.28 bits per heavy atom. The number of allylic oxidation sites excluding steroid dienone is 1. The van der Waals surface area contributed by atoms with E-state index in [1.807, 2.05) is 30.3 Å². The number of thioether (sulfide) groups is 1. The third kappa shape index (κ3) is 1.73. The number of nitrogens with zero attached hydrogens (tertiary/aromatic N) is 2. The van der Waals surface area contributed by atoms with Crippen LogP contribution in [0.2, 0.25) is 0 Å². The zero-order chi connectivity index (χ0) is 12.5. The lowest BCUT2D eigenvalue weighted by molar-refractivity contribution is -0.118. The quantitative estimate of drug-likeness (QED) is 0.815. The number of carbonyl (C=O) groups excluding carboxylic acids is 1. The minimum atomic E-state index is -0.280. The van der Waals surface area contributed by atoms with Gasteiger partial charge in [-0.3, -0.25) is 4.79 Å². The fourth-order valence-electron chi connectivity index (χ4n) is 2.28. The van der Waals surface area contributed by atoms with Crippen molar-refractivity contribution in [3.05, 3.63) is 40.8 Å². The minimum Gasteiger partial charge on any atom is -0.271 e.